The summed E-state index contributed by atoms with van der Waals surface area (Å²) in [5, 5.41) is 87.3. The highest BCUT2D eigenvalue weighted by Gasteiger charge is 2.51. The Hall–Kier alpha value is -3.35. The fourth-order valence-electron chi connectivity index (χ4n) is 10.4. The van der Waals surface area contributed by atoms with Gasteiger partial charge in [-0.1, -0.05) is 258 Å². The number of carbonyl (C=O) groups is 1. The van der Waals surface area contributed by atoms with Crippen LogP contribution < -0.4 is 5.32 Å². The van der Waals surface area contributed by atoms with Crippen LogP contribution in [0, 0.1) is 0 Å². The average Bonchev–Trinajstić information content (AvgIpc) is 3.29. The molecule has 9 N–H and O–H groups in total. The molecule has 0 spiro atoms. The van der Waals surface area contributed by atoms with Crippen LogP contribution in [-0.2, 0) is 23.7 Å². The normalized spacial score (nSPS) is 24.3. The Labute approximate surface area is 515 Å². The summed E-state index contributed by atoms with van der Waals surface area (Å²) in [4.78, 5) is 13.3. The van der Waals surface area contributed by atoms with E-state index in [-0.39, 0.29) is 18.9 Å². The summed E-state index contributed by atoms with van der Waals surface area (Å²) in [7, 11) is 0. The zero-order chi connectivity index (χ0) is 61.6. The molecule has 488 valence electrons. The summed E-state index contributed by atoms with van der Waals surface area (Å²) in [6, 6.07) is -0.927. The maximum Gasteiger partial charge on any atom is 0.220 e. The number of amides is 1. The highest BCUT2D eigenvalue weighted by molar-refractivity contribution is 5.76. The molecule has 1 amide bonds. The van der Waals surface area contributed by atoms with Crippen LogP contribution in [0.5, 0.6) is 0 Å². The number of carbonyl (C=O) groups excluding carboxylic acids is 1. The standard InChI is InChI=1S/C71H121NO13/c1-3-5-7-9-11-13-15-17-19-21-23-24-25-26-27-28-29-30-31-32-33-34-35-36-37-39-41-43-45-47-49-51-53-55-63(76)72-59(60(75)54-52-50-48-46-44-42-40-38-22-20-18-16-14-12-10-8-6-4-2)58-82-70-68(81)66(79)69(62(57-74)84-70)85-71-67(80)65(78)64(77)61(56-73)83-71/h5,7,11,13,17,19,23-24,26-27,29-30,32-33,35-36,52,54,59-62,64-71,73-75,77-81H,3-4,6,8-10,12,14-16,18,20-22,25,28,31,34,37-51,53,55-58H2,1-2H3,(H,72,76)/b7-5-,13-11-,19-17-,24-23-,27-26-,30-29-,33-32-,36-35-,54-52+. The third-order valence-corrected chi connectivity index (χ3v) is 15.7. The molecular formula is C71H121NO13. The van der Waals surface area contributed by atoms with E-state index in [4.69, 9.17) is 18.9 Å². The van der Waals surface area contributed by atoms with Gasteiger partial charge in [-0.15, -0.1) is 0 Å². The number of hydrogen-bond acceptors (Lipinski definition) is 13. The van der Waals surface area contributed by atoms with E-state index in [9.17, 15) is 45.6 Å². The Morgan fingerprint density at radius 3 is 1.25 bits per heavy atom. The maximum atomic E-state index is 13.3. The topological polar surface area (TPSA) is 228 Å². The van der Waals surface area contributed by atoms with Crippen molar-refractivity contribution in [1.82, 2.24) is 5.32 Å². The Bertz CT molecular complexity index is 1840. The molecule has 0 radical (unpaired) electrons. The van der Waals surface area contributed by atoms with Crippen LogP contribution in [0.3, 0.4) is 0 Å². The van der Waals surface area contributed by atoms with Crippen molar-refractivity contribution in [2.75, 3.05) is 19.8 Å². The van der Waals surface area contributed by atoms with Crippen molar-refractivity contribution in [3.8, 4) is 0 Å². The minimum absolute atomic E-state index is 0.251. The second kappa shape index (κ2) is 54.8. The molecule has 2 rings (SSSR count). The van der Waals surface area contributed by atoms with Crippen LogP contribution in [0.1, 0.15) is 239 Å². The fourth-order valence-corrected chi connectivity index (χ4v) is 10.4. The van der Waals surface area contributed by atoms with E-state index in [0.717, 1.165) is 103 Å². The van der Waals surface area contributed by atoms with Crippen LogP contribution in [0.15, 0.2) is 109 Å². The molecule has 12 unspecified atom stereocenters. The van der Waals surface area contributed by atoms with Crippen molar-refractivity contribution in [2.24, 2.45) is 0 Å². The zero-order valence-corrected chi connectivity index (χ0v) is 52.8. The molecule has 12 atom stereocenters. The minimum Gasteiger partial charge on any atom is -0.394 e. The molecule has 0 saturated carbocycles. The third-order valence-electron chi connectivity index (χ3n) is 15.7. The monoisotopic (exact) mass is 1200 g/mol. The second-order valence-electron chi connectivity index (χ2n) is 23.2. The molecule has 0 bridgehead atoms. The number of allylic oxidation sites excluding steroid dienone is 17. The Kier molecular flexibility index (Phi) is 50.1. The molecule has 2 fully saturated rings. The summed E-state index contributed by atoms with van der Waals surface area (Å²) in [6.07, 6.45) is 61.2. The van der Waals surface area contributed by atoms with E-state index in [1.165, 1.54) is 109 Å². The number of aliphatic hydroxyl groups excluding tert-OH is 8. The minimum atomic E-state index is -1.79. The van der Waals surface area contributed by atoms with E-state index in [1.54, 1.807) is 6.08 Å². The van der Waals surface area contributed by atoms with Crippen LogP contribution in [-0.4, -0.2) is 140 Å². The largest absolute Gasteiger partial charge is 0.394 e. The summed E-state index contributed by atoms with van der Waals surface area (Å²) in [5.41, 5.74) is 0. The molecule has 2 aliphatic rings. The molecule has 2 heterocycles. The fraction of sp³-hybridized carbons (Fsp3) is 0.732. The SMILES string of the molecule is CC/C=C\C/C=C\C/C=C\C/C=C\C/C=C\C/C=C\C/C=C\C/C=C\CCCCCCCCCCC(=O)NC(COC1OC(CO)C(OC2OC(CO)C(O)C(O)C2O)C(O)C1O)C(O)/C=C/CCCCCCCCCCCCCCCCCC. The van der Waals surface area contributed by atoms with E-state index >= 15 is 0 Å². The van der Waals surface area contributed by atoms with Gasteiger partial charge in [0.2, 0.25) is 5.91 Å². The van der Waals surface area contributed by atoms with Crippen molar-refractivity contribution in [3.05, 3.63) is 109 Å². The summed E-state index contributed by atoms with van der Waals surface area (Å²) >= 11 is 0. The number of ether oxygens (including phenoxy) is 4. The Morgan fingerprint density at radius 1 is 0.435 bits per heavy atom. The molecule has 2 saturated heterocycles. The van der Waals surface area contributed by atoms with E-state index < -0.39 is 86.8 Å². The van der Waals surface area contributed by atoms with Gasteiger partial charge in [-0.25, -0.2) is 0 Å². The van der Waals surface area contributed by atoms with Crippen molar-refractivity contribution < 1.29 is 64.6 Å². The summed E-state index contributed by atoms with van der Waals surface area (Å²) in [6.45, 7) is 2.68. The molecule has 0 aliphatic carbocycles. The van der Waals surface area contributed by atoms with Gasteiger partial charge >= 0.3 is 0 Å². The van der Waals surface area contributed by atoms with Gasteiger partial charge in [0, 0.05) is 6.42 Å². The first-order chi connectivity index (χ1) is 41.6. The van der Waals surface area contributed by atoms with Gasteiger partial charge < -0.3 is 65.1 Å². The molecule has 85 heavy (non-hydrogen) atoms. The zero-order valence-electron chi connectivity index (χ0n) is 52.8. The van der Waals surface area contributed by atoms with Crippen molar-refractivity contribution in [3.63, 3.8) is 0 Å². The molecule has 0 aromatic carbocycles. The highest BCUT2D eigenvalue weighted by atomic mass is 16.7. The summed E-state index contributed by atoms with van der Waals surface area (Å²) in [5.74, 6) is -0.251. The lowest BCUT2D eigenvalue weighted by Crippen LogP contribution is -2.65. The number of nitrogens with one attached hydrogen (secondary N) is 1. The predicted molar refractivity (Wildman–Crippen MR) is 345 cm³/mol. The second-order valence-corrected chi connectivity index (χ2v) is 23.2. The first-order valence-corrected chi connectivity index (χ1v) is 33.6. The maximum absolute atomic E-state index is 13.3. The lowest BCUT2D eigenvalue weighted by atomic mass is 9.97. The predicted octanol–water partition coefficient (Wildman–Crippen LogP) is 13.2. The van der Waals surface area contributed by atoms with Gasteiger partial charge in [0.05, 0.1) is 32.0 Å². The molecule has 14 heteroatoms. The lowest BCUT2D eigenvalue weighted by Gasteiger charge is -2.46. The molecule has 0 aromatic rings. The van der Waals surface area contributed by atoms with E-state index in [0.29, 0.717) is 6.42 Å². The smallest absolute Gasteiger partial charge is 0.220 e. The lowest BCUT2D eigenvalue weighted by molar-refractivity contribution is -0.359. The van der Waals surface area contributed by atoms with E-state index in [2.05, 4.69) is 116 Å². The number of hydrogen-bond donors (Lipinski definition) is 9. The molecule has 0 aromatic heterocycles. The van der Waals surface area contributed by atoms with Crippen molar-refractivity contribution >= 4 is 5.91 Å². The highest BCUT2D eigenvalue weighted by Crippen LogP contribution is 2.30. The third kappa shape index (κ3) is 39.3. The molecule has 14 nitrogen and oxygen atoms in total. The Morgan fingerprint density at radius 2 is 0.812 bits per heavy atom. The van der Waals surface area contributed by atoms with Crippen LogP contribution >= 0.6 is 0 Å². The van der Waals surface area contributed by atoms with Crippen LogP contribution in [0.25, 0.3) is 0 Å². The average molecular weight is 1200 g/mol. The first kappa shape index (κ1) is 77.7. The number of rotatable bonds is 53. The molecule has 2 aliphatic heterocycles. The van der Waals surface area contributed by atoms with Crippen molar-refractivity contribution in [2.45, 2.75) is 312 Å². The quantitative estimate of drug-likeness (QED) is 0.0204. The molecular weight excluding hydrogens is 1070 g/mol. The number of aliphatic hydroxyl groups is 8. The van der Waals surface area contributed by atoms with Crippen molar-refractivity contribution in [1.29, 1.82) is 0 Å². The van der Waals surface area contributed by atoms with Gasteiger partial charge in [0.15, 0.2) is 12.6 Å². The van der Waals surface area contributed by atoms with Gasteiger partial charge in [-0.3, -0.25) is 4.79 Å². The Balaban J connectivity index is 1.69. The number of unbranched alkanes of at least 4 members (excludes halogenated alkanes) is 24. The first-order valence-electron chi connectivity index (χ1n) is 33.6. The van der Waals surface area contributed by atoms with E-state index in [1.807, 2.05) is 6.08 Å². The van der Waals surface area contributed by atoms with Crippen LogP contribution in [0.2, 0.25) is 0 Å². The van der Waals surface area contributed by atoms with Gasteiger partial charge in [-0.2, -0.15) is 0 Å². The van der Waals surface area contributed by atoms with Gasteiger partial charge in [0.1, 0.15) is 48.8 Å². The summed E-state index contributed by atoms with van der Waals surface area (Å²) < 4.78 is 22.8. The van der Waals surface area contributed by atoms with Gasteiger partial charge in [-0.05, 0) is 83.5 Å². The van der Waals surface area contributed by atoms with Gasteiger partial charge in [0.25, 0.3) is 0 Å². The van der Waals surface area contributed by atoms with Crippen LogP contribution in [0.4, 0.5) is 0 Å².